The van der Waals surface area contributed by atoms with Crippen LogP contribution in [0.2, 0.25) is 0 Å². The number of ether oxygens (including phenoxy) is 1. The van der Waals surface area contributed by atoms with Gasteiger partial charge in [0, 0.05) is 13.0 Å². The number of hydrogen-bond donors (Lipinski definition) is 3. The van der Waals surface area contributed by atoms with E-state index in [0.29, 0.717) is 6.07 Å². The first-order valence-corrected chi connectivity index (χ1v) is 8.59. The summed E-state index contributed by atoms with van der Waals surface area (Å²) in [6, 6.07) is 2.29. The van der Waals surface area contributed by atoms with Crippen LogP contribution in [0.1, 0.15) is 12.0 Å². The predicted molar refractivity (Wildman–Crippen MR) is 77.6 cm³/mol. The number of rotatable bonds is 5. The summed E-state index contributed by atoms with van der Waals surface area (Å²) in [4.78, 5) is -0.561. The largest absolute Gasteiger partial charge is 0.416 e. The Morgan fingerprint density at radius 2 is 1.96 bits per heavy atom. The van der Waals surface area contributed by atoms with Crippen molar-refractivity contribution in [1.82, 2.24) is 4.72 Å². The lowest BCUT2D eigenvalue weighted by Crippen LogP contribution is -2.43. The number of aliphatic hydroxyl groups is 2. The Balaban J connectivity index is 2.20. The molecule has 4 atom stereocenters. The van der Waals surface area contributed by atoms with Crippen LogP contribution in [0.5, 0.6) is 0 Å². The van der Waals surface area contributed by atoms with E-state index in [1.54, 1.807) is 0 Å². The highest BCUT2D eigenvalue weighted by molar-refractivity contribution is 7.89. The molecule has 1 aliphatic carbocycles. The van der Waals surface area contributed by atoms with Crippen molar-refractivity contribution in [2.24, 2.45) is 5.92 Å². The minimum Gasteiger partial charge on any atom is -0.390 e. The van der Waals surface area contributed by atoms with Crippen LogP contribution < -0.4 is 4.72 Å². The van der Waals surface area contributed by atoms with E-state index in [4.69, 9.17) is 4.74 Å². The number of alkyl halides is 3. The van der Waals surface area contributed by atoms with Crippen molar-refractivity contribution in [3.63, 3.8) is 0 Å². The van der Waals surface area contributed by atoms with E-state index in [9.17, 15) is 31.8 Å². The van der Waals surface area contributed by atoms with Crippen molar-refractivity contribution < 1.29 is 36.5 Å². The second-order valence-corrected chi connectivity index (χ2v) is 7.40. The Labute approximate surface area is 137 Å². The van der Waals surface area contributed by atoms with Gasteiger partial charge in [-0.1, -0.05) is 6.07 Å². The van der Waals surface area contributed by atoms with Gasteiger partial charge in [-0.15, -0.1) is 0 Å². The summed E-state index contributed by atoms with van der Waals surface area (Å²) in [6.07, 6.45) is -7.11. The van der Waals surface area contributed by atoms with E-state index in [0.717, 1.165) is 18.2 Å². The fourth-order valence-corrected chi connectivity index (χ4v) is 4.04. The summed E-state index contributed by atoms with van der Waals surface area (Å²) in [5.41, 5.74) is -1.09. The highest BCUT2D eigenvalue weighted by Gasteiger charge is 2.43. The predicted octanol–water partition coefficient (Wildman–Crippen LogP) is 0.740. The molecule has 1 aromatic rings. The summed E-state index contributed by atoms with van der Waals surface area (Å²) in [5.74, 6) is -0.473. The summed E-state index contributed by atoms with van der Waals surface area (Å²) >= 11 is 0. The summed E-state index contributed by atoms with van der Waals surface area (Å²) in [7, 11) is -2.88. The number of benzene rings is 1. The molecular weight excluding hydrogens is 351 g/mol. The lowest BCUT2D eigenvalue weighted by atomic mass is 10.1. The Bertz CT molecular complexity index is 679. The van der Waals surface area contributed by atoms with E-state index in [1.807, 2.05) is 0 Å². The molecule has 1 aromatic carbocycles. The first kappa shape index (κ1) is 19.1. The van der Waals surface area contributed by atoms with Crippen molar-refractivity contribution in [2.75, 3.05) is 13.7 Å². The summed E-state index contributed by atoms with van der Waals surface area (Å²) < 4.78 is 69.7. The molecule has 0 aromatic heterocycles. The third kappa shape index (κ3) is 4.06. The molecule has 6 nitrogen and oxygen atoms in total. The number of halogens is 3. The van der Waals surface area contributed by atoms with Gasteiger partial charge in [-0.05, 0) is 24.6 Å². The Kier molecular flexibility index (Phi) is 5.55. The maximum Gasteiger partial charge on any atom is 0.416 e. The quantitative estimate of drug-likeness (QED) is 0.712. The first-order chi connectivity index (χ1) is 11.1. The van der Waals surface area contributed by atoms with E-state index >= 15 is 0 Å². The molecule has 0 spiro atoms. The minimum absolute atomic E-state index is 0.106. The monoisotopic (exact) mass is 369 g/mol. The fourth-order valence-electron chi connectivity index (χ4n) is 2.73. The van der Waals surface area contributed by atoms with Crippen LogP contribution >= 0.6 is 0 Å². The van der Waals surface area contributed by atoms with Crippen LogP contribution in [0.3, 0.4) is 0 Å². The Morgan fingerprint density at radius 1 is 1.29 bits per heavy atom. The maximum absolute atomic E-state index is 12.7. The first-order valence-electron chi connectivity index (χ1n) is 7.11. The van der Waals surface area contributed by atoms with Crippen LogP contribution in [-0.2, 0) is 20.9 Å². The zero-order chi connectivity index (χ0) is 18.1. The third-order valence-corrected chi connectivity index (χ3v) is 5.45. The molecule has 10 heteroatoms. The molecule has 0 radical (unpaired) electrons. The molecule has 3 N–H and O–H groups in total. The molecule has 0 amide bonds. The smallest absolute Gasteiger partial charge is 0.390 e. The zero-order valence-electron chi connectivity index (χ0n) is 12.7. The van der Waals surface area contributed by atoms with Gasteiger partial charge in [0.25, 0.3) is 0 Å². The van der Waals surface area contributed by atoms with E-state index < -0.39 is 50.8 Å². The molecule has 0 unspecified atom stereocenters. The maximum atomic E-state index is 12.7. The lowest BCUT2D eigenvalue weighted by Gasteiger charge is -2.18. The van der Waals surface area contributed by atoms with Crippen molar-refractivity contribution in [2.45, 2.75) is 35.7 Å². The average Bonchev–Trinajstić information content (AvgIpc) is 2.75. The molecule has 0 bridgehead atoms. The number of nitrogens with one attached hydrogen (secondary N) is 1. The number of methoxy groups -OCH3 is 1. The van der Waals surface area contributed by atoms with E-state index in [-0.39, 0.29) is 13.0 Å². The van der Waals surface area contributed by atoms with Crippen molar-refractivity contribution >= 4 is 10.0 Å². The number of aliphatic hydroxyl groups excluding tert-OH is 2. The van der Waals surface area contributed by atoms with Crippen molar-refractivity contribution in [1.29, 1.82) is 0 Å². The average molecular weight is 369 g/mol. The second-order valence-electron chi connectivity index (χ2n) is 5.69. The lowest BCUT2D eigenvalue weighted by molar-refractivity contribution is -0.137. The van der Waals surface area contributed by atoms with Crippen molar-refractivity contribution in [3.05, 3.63) is 29.8 Å². The molecule has 1 aliphatic rings. The van der Waals surface area contributed by atoms with Gasteiger partial charge in [-0.2, -0.15) is 13.2 Å². The number of hydrogen-bond acceptors (Lipinski definition) is 5. The van der Waals surface area contributed by atoms with Gasteiger partial charge in [0.2, 0.25) is 10.0 Å². The van der Waals surface area contributed by atoms with Gasteiger partial charge >= 0.3 is 6.18 Å². The molecular formula is C14H18F3NO5S. The molecule has 24 heavy (non-hydrogen) atoms. The van der Waals surface area contributed by atoms with Gasteiger partial charge in [0.1, 0.15) is 0 Å². The Hall–Kier alpha value is -1.20. The van der Waals surface area contributed by atoms with Gasteiger partial charge in [-0.25, -0.2) is 13.1 Å². The van der Waals surface area contributed by atoms with Gasteiger partial charge in [-0.3, -0.25) is 0 Å². The van der Waals surface area contributed by atoms with Crippen LogP contribution in [-0.4, -0.2) is 50.6 Å². The molecule has 136 valence electrons. The van der Waals surface area contributed by atoms with E-state index in [2.05, 4.69) is 4.72 Å². The van der Waals surface area contributed by atoms with Gasteiger partial charge in [0.05, 0.1) is 35.3 Å². The molecule has 0 heterocycles. The summed E-state index contributed by atoms with van der Waals surface area (Å²) in [6.45, 7) is 0.125. The Morgan fingerprint density at radius 3 is 2.54 bits per heavy atom. The molecule has 0 saturated heterocycles. The minimum atomic E-state index is -4.67. The van der Waals surface area contributed by atoms with Crippen molar-refractivity contribution in [3.8, 4) is 0 Å². The highest BCUT2D eigenvalue weighted by Crippen LogP contribution is 2.31. The second kappa shape index (κ2) is 6.96. The van der Waals surface area contributed by atoms with Crippen LogP contribution in [0, 0.1) is 5.92 Å². The SMILES string of the molecule is COC[C@H]1C[C@@H](NS(=O)(=O)c2cccc(C(F)(F)F)c2)[C@H](O)[C@@H]1O. The molecule has 2 rings (SSSR count). The zero-order valence-corrected chi connectivity index (χ0v) is 13.5. The summed E-state index contributed by atoms with van der Waals surface area (Å²) in [5, 5.41) is 19.8. The standard InChI is InChI=1S/C14H18F3NO5S/c1-23-7-8-5-11(13(20)12(8)19)18-24(21,22)10-4-2-3-9(6-10)14(15,16)17/h2-4,6,8,11-13,18-20H,5,7H2,1H3/t8-,11-,12-,13+/m1/s1. The molecule has 0 aliphatic heterocycles. The fraction of sp³-hybridized carbons (Fsp3) is 0.571. The molecule has 1 saturated carbocycles. The van der Waals surface area contributed by atoms with Crippen LogP contribution in [0.25, 0.3) is 0 Å². The third-order valence-electron chi connectivity index (χ3n) is 3.96. The van der Waals surface area contributed by atoms with Gasteiger partial charge in [0.15, 0.2) is 0 Å². The van der Waals surface area contributed by atoms with Crippen LogP contribution in [0.15, 0.2) is 29.2 Å². The van der Waals surface area contributed by atoms with Crippen LogP contribution in [0.4, 0.5) is 13.2 Å². The highest BCUT2D eigenvalue weighted by atomic mass is 32.2. The van der Waals surface area contributed by atoms with E-state index in [1.165, 1.54) is 7.11 Å². The molecule has 1 fully saturated rings. The normalized spacial score (nSPS) is 28.2. The topological polar surface area (TPSA) is 95.9 Å². The number of sulfonamides is 1. The van der Waals surface area contributed by atoms with Gasteiger partial charge < -0.3 is 14.9 Å².